The summed E-state index contributed by atoms with van der Waals surface area (Å²) in [5, 5.41) is 3.34. The van der Waals surface area contributed by atoms with Crippen molar-refractivity contribution in [2.75, 3.05) is 19.6 Å². The fourth-order valence-electron chi connectivity index (χ4n) is 3.09. The smallest absolute Gasteiger partial charge is 0.235 e. The maximum atomic E-state index is 11.6. The Hall–Kier alpha value is -0.650. The molecule has 0 aromatic rings. The van der Waals surface area contributed by atoms with Crippen molar-refractivity contribution >= 4 is 5.91 Å². The van der Waals surface area contributed by atoms with E-state index in [2.05, 4.69) is 37.9 Å². The van der Waals surface area contributed by atoms with Gasteiger partial charge in [-0.2, -0.15) is 0 Å². The lowest BCUT2D eigenvalue weighted by Crippen LogP contribution is -2.60. The fourth-order valence-corrected chi connectivity index (χ4v) is 3.09. The van der Waals surface area contributed by atoms with Crippen LogP contribution >= 0.6 is 0 Å². The predicted molar refractivity (Wildman–Crippen MR) is 74.8 cm³/mol. The lowest BCUT2D eigenvalue weighted by molar-refractivity contribution is -0.181. The predicted octanol–water partition coefficient (Wildman–Crippen LogP) is 0.482. The molecule has 0 bridgehead atoms. The van der Waals surface area contributed by atoms with Crippen molar-refractivity contribution in [2.24, 2.45) is 5.73 Å². The summed E-state index contributed by atoms with van der Waals surface area (Å²) < 4.78 is 6.05. The van der Waals surface area contributed by atoms with Crippen LogP contribution in [0.25, 0.3) is 0 Å². The van der Waals surface area contributed by atoms with Gasteiger partial charge in [0.15, 0.2) is 0 Å². The topological polar surface area (TPSA) is 67.6 Å². The Balaban J connectivity index is 1.97. The zero-order valence-electron chi connectivity index (χ0n) is 12.5. The zero-order chi connectivity index (χ0) is 14.3. The highest BCUT2D eigenvalue weighted by Crippen LogP contribution is 2.28. The molecule has 1 saturated heterocycles. The maximum absolute atomic E-state index is 11.6. The maximum Gasteiger partial charge on any atom is 0.235 e. The highest BCUT2D eigenvalue weighted by atomic mass is 16.5. The van der Waals surface area contributed by atoms with Crippen LogP contribution in [0.1, 0.15) is 40.5 Å². The Bertz CT molecular complexity index is 335. The largest absolute Gasteiger partial charge is 0.368 e. The van der Waals surface area contributed by atoms with Crippen LogP contribution in [0.5, 0.6) is 0 Å². The van der Waals surface area contributed by atoms with Gasteiger partial charge in [0.05, 0.1) is 17.2 Å². The third kappa shape index (κ3) is 4.44. The molecule has 1 saturated carbocycles. The molecule has 1 heterocycles. The van der Waals surface area contributed by atoms with Gasteiger partial charge in [-0.05, 0) is 40.5 Å². The molecular formula is C14H27N3O2. The van der Waals surface area contributed by atoms with Gasteiger partial charge in [-0.1, -0.05) is 0 Å². The summed E-state index contributed by atoms with van der Waals surface area (Å²) in [6.45, 7) is 10.7. The van der Waals surface area contributed by atoms with E-state index in [1.165, 1.54) is 0 Å². The molecule has 2 rings (SSSR count). The molecule has 2 fully saturated rings. The average molecular weight is 269 g/mol. The first-order valence-electron chi connectivity index (χ1n) is 7.15. The zero-order valence-corrected chi connectivity index (χ0v) is 12.5. The van der Waals surface area contributed by atoms with E-state index in [4.69, 9.17) is 10.5 Å². The van der Waals surface area contributed by atoms with E-state index in [-0.39, 0.29) is 23.2 Å². The number of primary amides is 1. The quantitative estimate of drug-likeness (QED) is 0.762. The normalized spacial score (nSPS) is 28.0. The summed E-state index contributed by atoms with van der Waals surface area (Å²) >= 11 is 0. The molecule has 19 heavy (non-hydrogen) atoms. The molecule has 110 valence electrons. The summed E-state index contributed by atoms with van der Waals surface area (Å²) in [5.74, 6) is -0.256. The van der Waals surface area contributed by atoms with Crippen LogP contribution in [0, 0.1) is 0 Å². The summed E-state index contributed by atoms with van der Waals surface area (Å²) in [6, 6.07) is 0.233. The van der Waals surface area contributed by atoms with E-state index in [0.29, 0.717) is 12.6 Å². The van der Waals surface area contributed by atoms with Crippen LogP contribution in [0.4, 0.5) is 0 Å². The summed E-state index contributed by atoms with van der Waals surface area (Å²) in [7, 11) is 0. The standard InChI is InChI=1S/C14H27N3O2/c1-13(2)8-17(9-14(3,4)19-13)7-11(12(15)18)16-10-5-6-10/h10-11,16H,5-9H2,1-4H3,(H2,15,18). The first-order valence-corrected chi connectivity index (χ1v) is 7.15. The molecule has 1 atom stereocenters. The fraction of sp³-hybridized carbons (Fsp3) is 0.929. The second-order valence-electron chi connectivity index (χ2n) is 7.19. The van der Waals surface area contributed by atoms with Crippen LogP contribution in [-0.4, -0.2) is 53.7 Å². The molecule has 1 unspecified atom stereocenters. The Morgan fingerprint density at radius 3 is 2.26 bits per heavy atom. The van der Waals surface area contributed by atoms with Gasteiger partial charge in [0.2, 0.25) is 5.91 Å². The number of morpholine rings is 1. The third-order valence-corrected chi connectivity index (χ3v) is 3.56. The van der Waals surface area contributed by atoms with E-state index in [1.807, 2.05) is 0 Å². The van der Waals surface area contributed by atoms with Gasteiger partial charge in [-0.15, -0.1) is 0 Å². The van der Waals surface area contributed by atoms with Crippen LogP contribution in [-0.2, 0) is 9.53 Å². The van der Waals surface area contributed by atoms with Gasteiger partial charge in [0, 0.05) is 25.7 Å². The number of ether oxygens (including phenoxy) is 1. The van der Waals surface area contributed by atoms with Gasteiger partial charge in [0.25, 0.3) is 0 Å². The molecular weight excluding hydrogens is 242 g/mol. The van der Waals surface area contributed by atoms with Crippen molar-refractivity contribution in [1.82, 2.24) is 10.2 Å². The minimum Gasteiger partial charge on any atom is -0.368 e. The van der Waals surface area contributed by atoms with Crippen LogP contribution in [0.2, 0.25) is 0 Å². The number of hydrogen-bond acceptors (Lipinski definition) is 4. The minimum absolute atomic E-state index is 0.191. The molecule has 5 nitrogen and oxygen atoms in total. The van der Waals surface area contributed by atoms with Crippen molar-refractivity contribution in [1.29, 1.82) is 0 Å². The van der Waals surface area contributed by atoms with Gasteiger partial charge in [-0.3, -0.25) is 9.69 Å². The van der Waals surface area contributed by atoms with E-state index < -0.39 is 0 Å². The van der Waals surface area contributed by atoms with Crippen molar-refractivity contribution in [3.63, 3.8) is 0 Å². The number of carbonyl (C=O) groups excluding carboxylic acids is 1. The molecule has 1 amide bonds. The molecule has 0 aromatic heterocycles. The number of rotatable bonds is 5. The lowest BCUT2D eigenvalue weighted by atomic mass is 9.98. The number of carbonyl (C=O) groups is 1. The molecule has 5 heteroatoms. The lowest BCUT2D eigenvalue weighted by Gasteiger charge is -2.47. The Morgan fingerprint density at radius 2 is 1.84 bits per heavy atom. The molecule has 0 spiro atoms. The number of nitrogens with two attached hydrogens (primary N) is 1. The highest BCUT2D eigenvalue weighted by molar-refractivity contribution is 5.80. The average Bonchev–Trinajstić information content (AvgIpc) is 2.94. The SMILES string of the molecule is CC1(C)CN(CC(NC2CC2)C(N)=O)CC(C)(C)O1. The monoisotopic (exact) mass is 269 g/mol. The Morgan fingerprint density at radius 1 is 1.32 bits per heavy atom. The van der Waals surface area contributed by atoms with E-state index >= 15 is 0 Å². The molecule has 1 aliphatic heterocycles. The second kappa shape index (κ2) is 5.04. The number of nitrogens with one attached hydrogen (secondary N) is 1. The number of nitrogens with zero attached hydrogens (tertiary/aromatic N) is 1. The summed E-state index contributed by atoms with van der Waals surface area (Å²) in [4.78, 5) is 13.8. The Labute approximate surface area is 115 Å². The van der Waals surface area contributed by atoms with Crippen LogP contribution < -0.4 is 11.1 Å². The van der Waals surface area contributed by atoms with Crippen molar-refractivity contribution in [2.45, 2.75) is 63.8 Å². The van der Waals surface area contributed by atoms with E-state index in [9.17, 15) is 4.79 Å². The van der Waals surface area contributed by atoms with Gasteiger partial charge in [0.1, 0.15) is 0 Å². The van der Waals surface area contributed by atoms with Crippen LogP contribution in [0.3, 0.4) is 0 Å². The van der Waals surface area contributed by atoms with Crippen molar-refractivity contribution in [3.8, 4) is 0 Å². The Kier molecular flexibility index (Phi) is 3.91. The summed E-state index contributed by atoms with van der Waals surface area (Å²) in [6.07, 6.45) is 2.31. The molecule has 0 aromatic carbocycles. The molecule has 3 N–H and O–H groups in total. The molecule has 0 radical (unpaired) electrons. The van der Waals surface area contributed by atoms with Gasteiger partial charge >= 0.3 is 0 Å². The molecule has 2 aliphatic rings. The third-order valence-electron chi connectivity index (χ3n) is 3.56. The van der Waals surface area contributed by atoms with Crippen LogP contribution in [0.15, 0.2) is 0 Å². The van der Waals surface area contributed by atoms with E-state index in [0.717, 1.165) is 25.9 Å². The number of amides is 1. The van der Waals surface area contributed by atoms with E-state index in [1.54, 1.807) is 0 Å². The van der Waals surface area contributed by atoms with Crippen molar-refractivity contribution < 1.29 is 9.53 Å². The van der Waals surface area contributed by atoms with Crippen molar-refractivity contribution in [3.05, 3.63) is 0 Å². The minimum atomic E-state index is -0.256. The second-order valence-corrected chi connectivity index (χ2v) is 7.19. The van der Waals surface area contributed by atoms with Gasteiger partial charge < -0.3 is 15.8 Å². The van der Waals surface area contributed by atoms with Gasteiger partial charge in [-0.25, -0.2) is 0 Å². The first-order chi connectivity index (χ1) is 8.67. The highest BCUT2D eigenvalue weighted by Gasteiger charge is 2.39. The number of hydrogen-bond donors (Lipinski definition) is 2. The summed E-state index contributed by atoms with van der Waals surface area (Å²) in [5.41, 5.74) is 5.12. The first kappa shape index (κ1) is 14.8. The molecule has 1 aliphatic carbocycles.